The molecule has 3 rings (SSSR count). The maximum atomic E-state index is 5.30. The van der Waals surface area contributed by atoms with Crippen LogP contribution in [0.2, 0.25) is 0 Å². The first-order valence-corrected chi connectivity index (χ1v) is 6.45. The van der Waals surface area contributed by atoms with E-state index in [1.165, 1.54) is 38.3 Å². The molecule has 0 spiro atoms. The van der Waals surface area contributed by atoms with Gasteiger partial charge in [0.05, 0.1) is 7.11 Å². The van der Waals surface area contributed by atoms with Crippen LogP contribution in [0.4, 0.5) is 5.69 Å². The molecule has 2 aliphatic heterocycles. The molecule has 17 heavy (non-hydrogen) atoms. The SMILES string of the molecule is COc1cccc(N2CC3CNCC(C3)C2)c1. The summed E-state index contributed by atoms with van der Waals surface area (Å²) in [6.45, 7) is 4.71. The monoisotopic (exact) mass is 232 g/mol. The third-order valence-corrected chi connectivity index (χ3v) is 3.91. The normalized spacial score (nSPS) is 27.9. The molecule has 2 aliphatic rings. The molecular weight excluding hydrogens is 212 g/mol. The highest BCUT2D eigenvalue weighted by Crippen LogP contribution is 2.30. The first kappa shape index (κ1) is 10.9. The van der Waals surface area contributed by atoms with Crippen LogP contribution in [0.3, 0.4) is 0 Å². The van der Waals surface area contributed by atoms with Crippen molar-refractivity contribution in [3.8, 4) is 5.75 Å². The Morgan fingerprint density at radius 3 is 2.71 bits per heavy atom. The predicted molar refractivity (Wildman–Crippen MR) is 69.7 cm³/mol. The van der Waals surface area contributed by atoms with Crippen molar-refractivity contribution in [3.05, 3.63) is 24.3 Å². The van der Waals surface area contributed by atoms with E-state index in [1.807, 2.05) is 6.07 Å². The number of hydrogen-bond donors (Lipinski definition) is 1. The molecule has 92 valence electrons. The zero-order valence-corrected chi connectivity index (χ0v) is 10.4. The van der Waals surface area contributed by atoms with Gasteiger partial charge in [-0.1, -0.05) is 6.07 Å². The molecule has 3 heteroatoms. The Bertz CT molecular complexity index is 382. The van der Waals surface area contributed by atoms with Crippen molar-refractivity contribution in [1.82, 2.24) is 5.32 Å². The van der Waals surface area contributed by atoms with E-state index in [0.717, 1.165) is 17.6 Å². The summed E-state index contributed by atoms with van der Waals surface area (Å²) < 4.78 is 5.30. The molecule has 3 nitrogen and oxygen atoms in total. The minimum atomic E-state index is 0.814. The Hall–Kier alpha value is -1.22. The molecule has 2 saturated heterocycles. The lowest BCUT2D eigenvalue weighted by Crippen LogP contribution is -2.51. The molecule has 2 fully saturated rings. The van der Waals surface area contributed by atoms with Crippen molar-refractivity contribution < 1.29 is 4.74 Å². The quantitative estimate of drug-likeness (QED) is 0.840. The molecule has 0 radical (unpaired) electrons. The summed E-state index contributed by atoms with van der Waals surface area (Å²) in [5.74, 6) is 2.58. The molecule has 0 saturated carbocycles. The van der Waals surface area contributed by atoms with E-state index in [1.54, 1.807) is 7.11 Å². The van der Waals surface area contributed by atoms with Gasteiger partial charge in [-0.2, -0.15) is 0 Å². The summed E-state index contributed by atoms with van der Waals surface area (Å²) >= 11 is 0. The van der Waals surface area contributed by atoms with Gasteiger partial charge in [0.1, 0.15) is 5.75 Å². The number of methoxy groups -OCH3 is 1. The third kappa shape index (κ3) is 2.25. The van der Waals surface area contributed by atoms with Gasteiger partial charge in [-0.3, -0.25) is 0 Å². The van der Waals surface area contributed by atoms with Gasteiger partial charge in [0.2, 0.25) is 0 Å². The lowest BCUT2D eigenvalue weighted by molar-refractivity contribution is 0.249. The molecular formula is C14H20N2O. The first-order chi connectivity index (χ1) is 8.35. The smallest absolute Gasteiger partial charge is 0.120 e. The Balaban J connectivity index is 1.79. The minimum absolute atomic E-state index is 0.814. The van der Waals surface area contributed by atoms with Gasteiger partial charge < -0.3 is 15.0 Å². The number of piperidine rings is 2. The predicted octanol–water partition coefficient (Wildman–Crippen LogP) is 1.74. The third-order valence-electron chi connectivity index (χ3n) is 3.91. The van der Waals surface area contributed by atoms with Crippen LogP contribution in [-0.2, 0) is 0 Å². The van der Waals surface area contributed by atoms with Crippen molar-refractivity contribution in [2.75, 3.05) is 38.2 Å². The van der Waals surface area contributed by atoms with Crippen LogP contribution in [0, 0.1) is 11.8 Å². The summed E-state index contributed by atoms with van der Waals surface area (Å²) in [5, 5.41) is 3.53. The van der Waals surface area contributed by atoms with Crippen molar-refractivity contribution >= 4 is 5.69 Å². The van der Waals surface area contributed by atoms with E-state index < -0.39 is 0 Å². The summed E-state index contributed by atoms with van der Waals surface area (Å²) in [6.07, 6.45) is 1.40. The van der Waals surface area contributed by atoms with Crippen molar-refractivity contribution in [2.24, 2.45) is 11.8 Å². The Morgan fingerprint density at radius 1 is 1.24 bits per heavy atom. The lowest BCUT2D eigenvalue weighted by Gasteiger charge is -2.42. The molecule has 2 bridgehead atoms. The largest absolute Gasteiger partial charge is 0.497 e. The van der Waals surface area contributed by atoms with Crippen molar-refractivity contribution in [2.45, 2.75) is 6.42 Å². The molecule has 1 N–H and O–H groups in total. The fourth-order valence-corrected chi connectivity index (χ4v) is 3.12. The number of benzene rings is 1. The highest BCUT2D eigenvalue weighted by molar-refractivity contribution is 5.51. The second-order valence-electron chi connectivity index (χ2n) is 5.23. The van der Waals surface area contributed by atoms with Crippen LogP contribution in [0.15, 0.2) is 24.3 Å². The van der Waals surface area contributed by atoms with Gasteiger partial charge in [0, 0.05) is 24.8 Å². The van der Waals surface area contributed by atoms with E-state index in [9.17, 15) is 0 Å². The van der Waals surface area contributed by atoms with Crippen LogP contribution >= 0.6 is 0 Å². The average Bonchev–Trinajstić information content (AvgIpc) is 2.38. The Morgan fingerprint density at radius 2 is 2.00 bits per heavy atom. The van der Waals surface area contributed by atoms with E-state index in [0.29, 0.717) is 0 Å². The number of nitrogens with zero attached hydrogens (tertiary/aromatic N) is 1. The summed E-state index contributed by atoms with van der Waals surface area (Å²) in [4.78, 5) is 2.52. The van der Waals surface area contributed by atoms with Crippen molar-refractivity contribution in [1.29, 1.82) is 0 Å². The molecule has 2 atom stereocenters. The van der Waals surface area contributed by atoms with Crippen LogP contribution < -0.4 is 15.0 Å². The minimum Gasteiger partial charge on any atom is -0.497 e. The number of rotatable bonds is 2. The van der Waals surface area contributed by atoms with Gasteiger partial charge >= 0.3 is 0 Å². The van der Waals surface area contributed by atoms with Crippen LogP contribution in [0.5, 0.6) is 5.75 Å². The molecule has 1 aromatic carbocycles. The lowest BCUT2D eigenvalue weighted by atomic mass is 9.85. The number of fused-ring (bicyclic) bond motifs is 2. The molecule has 2 unspecified atom stereocenters. The number of hydrogen-bond acceptors (Lipinski definition) is 3. The molecule has 0 aromatic heterocycles. The fraction of sp³-hybridized carbons (Fsp3) is 0.571. The van der Waals surface area contributed by atoms with Gasteiger partial charge in [0.15, 0.2) is 0 Å². The van der Waals surface area contributed by atoms with Gasteiger partial charge in [-0.15, -0.1) is 0 Å². The fourth-order valence-electron chi connectivity index (χ4n) is 3.12. The topological polar surface area (TPSA) is 24.5 Å². The summed E-state index contributed by atoms with van der Waals surface area (Å²) in [7, 11) is 1.73. The second kappa shape index (κ2) is 4.57. The second-order valence-corrected chi connectivity index (χ2v) is 5.23. The van der Waals surface area contributed by atoms with Gasteiger partial charge in [-0.05, 0) is 43.5 Å². The standard InChI is InChI=1S/C14H20N2O/c1-17-14-4-2-3-13(6-14)16-9-11-5-12(10-16)8-15-7-11/h2-4,6,11-12,15H,5,7-10H2,1H3. The number of ether oxygens (including phenoxy) is 1. The number of nitrogens with one attached hydrogen (secondary N) is 1. The molecule has 1 aromatic rings. The number of anilines is 1. The van der Waals surface area contributed by atoms with E-state index in [4.69, 9.17) is 4.74 Å². The van der Waals surface area contributed by atoms with Crippen molar-refractivity contribution in [3.63, 3.8) is 0 Å². The van der Waals surface area contributed by atoms with E-state index in [-0.39, 0.29) is 0 Å². The maximum absolute atomic E-state index is 5.30. The van der Waals surface area contributed by atoms with Gasteiger partial charge in [-0.25, -0.2) is 0 Å². The van der Waals surface area contributed by atoms with Crippen LogP contribution in [-0.4, -0.2) is 33.3 Å². The van der Waals surface area contributed by atoms with Crippen LogP contribution in [0.25, 0.3) is 0 Å². The molecule has 0 amide bonds. The van der Waals surface area contributed by atoms with Gasteiger partial charge in [0.25, 0.3) is 0 Å². The Kier molecular flexibility index (Phi) is 2.93. The maximum Gasteiger partial charge on any atom is 0.120 e. The zero-order chi connectivity index (χ0) is 11.7. The van der Waals surface area contributed by atoms with E-state index in [2.05, 4.69) is 28.4 Å². The summed E-state index contributed by atoms with van der Waals surface area (Å²) in [5.41, 5.74) is 1.31. The molecule has 0 aliphatic carbocycles. The van der Waals surface area contributed by atoms with Crippen LogP contribution in [0.1, 0.15) is 6.42 Å². The Labute approximate surface area is 103 Å². The first-order valence-electron chi connectivity index (χ1n) is 6.45. The molecule has 2 heterocycles. The van der Waals surface area contributed by atoms with E-state index >= 15 is 0 Å². The highest BCUT2D eigenvalue weighted by atomic mass is 16.5. The highest BCUT2D eigenvalue weighted by Gasteiger charge is 2.30. The summed E-state index contributed by atoms with van der Waals surface area (Å²) in [6, 6.07) is 8.43. The zero-order valence-electron chi connectivity index (χ0n) is 10.4. The average molecular weight is 232 g/mol.